The second-order valence-electron chi connectivity index (χ2n) is 4.79. The van der Waals surface area contributed by atoms with Crippen molar-refractivity contribution >= 4 is 11.3 Å². The lowest BCUT2D eigenvalue weighted by Crippen LogP contribution is -2.31. The van der Waals surface area contributed by atoms with Gasteiger partial charge in [0, 0.05) is 11.3 Å². The Morgan fingerprint density at radius 1 is 1.31 bits per heavy atom. The Kier molecular flexibility index (Phi) is 2.66. The Morgan fingerprint density at radius 2 is 2.06 bits per heavy atom. The summed E-state index contributed by atoms with van der Waals surface area (Å²) in [6, 6.07) is 6.17. The van der Waals surface area contributed by atoms with Gasteiger partial charge in [0.05, 0.1) is 12.1 Å². The van der Waals surface area contributed by atoms with Gasteiger partial charge in [-0.15, -0.1) is 0 Å². The lowest BCUT2D eigenvalue weighted by molar-refractivity contribution is 0.339. The molecule has 16 heavy (non-hydrogen) atoms. The maximum atomic E-state index is 5.66. The van der Waals surface area contributed by atoms with Gasteiger partial charge in [-0.3, -0.25) is 0 Å². The number of fused-ring (bicyclic) bond motifs is 1. The Balaban J connectivity index is 2.52. The number of benzene rings is 1. The number of rotatable bonds is 2. The summed E-state index contributed by atoms with van der Waals surface area (Å²) in [5.41, 5.74) is 3.66. The molecule has 1 aromatic carbocycles. The van der Waals surface area contributed by atoms with Crippen LogP contribution in [0.25, 0.3) is 5.57 Å². The first-order chi connectivity index (χ1) is 7.53. The number of hydrogen-bond acceptors (Lipinski definition) is 2. The van der Waals surface area contributed by atoms with Crippen LogP contribution in [0, 0.1) is 0 Å². The SMILES string of the molecule is CCOc1cccc2c1C(C)=CC(C)(C)N2. The molecule has 2 nitrogen and oxygen atoms in total. The van der Waals surface area contributed by atoms with Gasteiger partial charge in [0.1, 0.15) is 5.75 Å². The smallest absolute Gasteiger partial charge is 0.128 e. The van der Waals surface area contributed by atoms with Crippen LogP contribution >= 0.6 is 0 Å². The van der Waals surface area contributed by atoms with E-state index in [1.54, 1.807) is 0 Å². The maximum Gasteiger partial charge on any atom is 0.128 e. The molecule has 0 saturated carbocycles. The van der Waals surface area contributed by atoms with Crippen molar-refractivity contribution in [2.24, 2.45) is 0 Å². The van der Waals surface area contributed by atoms with Crippen LogP contribution in [0.15, 0.2) is 24.3 Å². The summed E-state index contributed by atoms with van der Waals surface area (Å²) in [6.45, 7) is 9.20. The van der Waals surface area contributed by atoms with Gasteiger partial charge < -0.3 is 10.1 Å². The van der Waals surface area contributed by atoms with Crippen LogP contribution in [-0.4, -0.2) is 12.1 Å². The van der Waals surface area contributed by atoms with E-state index in [2.05, 4.69) is 38.2 Å². The number of ether oxygens (including phenoxy) is 1. The van der Waals surface area contributed by atoms with E-state index in [0.29, 0.717) is 6.61 Å². The van der Waals surface area contributed by atoms with E-state index in [-0.39, 0.29) is 5.54 Å². The maximum absolute atomic E-state index is 5.66. The molecule has 2 rings (SSSR count). The van der Waals surface area contributed by atoms with Crippen molar-refractivity contribution in [3.8, 4) is 5.75 Å². The molecule has 0 spiro atoms. The monoisotopic (exact) mass is 217 g/mol. The van der Waals surface area contributed by atoms with Crippen LogP contribution in [0.4, 0.5) is 5.69 Å². The summed E-state index contributed by atoms with van der Waals surface area (Å²) in [7, 11) is 0. The lowest BCUT2D eigenvalue weighted by Gasteiger charge is -2.32. The van der Waals surface area contributed by atoms with Crippen LogP contribution in [-0.2, 0) is 0 Å². The third-order valence-electron chi connectivity index (χ3n) is 2.75. The summed E-state index contributed by atoms with van der Waals surface area (Å²) in [4.78, 5) is 0. The molecule has 1 heterocycles. The topological polar surface area (TPSA) is 21.3 Å². The summed E-state index contributed by atoms with van der Waals surface area (Å²) >= 11 is 0. The first kappa shape index (κ1) is 11.1. The van der Waals surface area contributed by atoms with Gasteiger partial charge in [0.2, 0.25) is 0 Å². The Bertz CT molecular complexity index is 432. The van der Waals surface area contributed by atoms with Gasteiger partial charge in [-0.25, -0.2) is 0 Å². The van der Waals surface area contributed by atoms with Crippen molar-refractivity contribution in [1.82, 2.24) is 0 Å². The van der Waals surface area contributed by atoms with E-state index in [9.17, 15) is 0 Å². The zero-order valence-corrected chi connectivity index (χ0v) is 10.4. The highest BCUT2D eigenvalue weighted by Gasteiger charge is 2.24. The van der Waals surface area contributed by atoms with Crippen molar-refractivity contribution in [2.75, 3.05) is 11.9 Å². The standard InChI is InChI=1S/C14H19NO/c1-5-16-12-8-6-7-11-13(12)10(2)9-14(3,4)15-11/h6-9,15H,5H2,1-4H3. The largest absolute Gasteiger partial charge is 0.493 e. The number of anilines is 1. The fourth-order valence-electron chi connectivity index (χ4n) is 2.31. The molecule has 0 unspecified atom stereocenters. The minimum Gasteiger partial charge on any atom is -0.493 e. The highest BCUT2D eigenvalue weighted by atomic mass is 16.5. The molecule has 0 aliphatic carbocycles. The average Bonchev–Trinajstić information content (AvgIpc) is 2.15. The van der Waals surface area contributed by atoms with Crippen LogP contribution in [0.1, 0.15) is 33.3 Å². The summed E-state index contributed by atoms with van der Waals surface area (Å²) in [5, 5.41) is 3.51. The molecule has 1 N–H and O–H groups in total. The van der Waals surface area contributed by atoms with Crippen LogP contribution in [0.2, 0.25) is 0 Å². The molecule has 1 aliphatic heterocycles. The molecule has 0 fully saturated rings. The van der Waals surface area contributed by atoms with E-state index < -0.39 is 0 Å². The van der Waals surface area contributed by atoms with Crippen LogP contribution in [0.5, 0.6) is 5.75 Å². The van der Waals surface area contributed by atoms with E-state index in [1.165, 1.54) is 11.1 Å². The van der Waals surface area contributed by atoms with Crippen molar-refractivity contribution in [2.45, 2.75) is 33.2 Å². The van der Waals surface area contributed by atoms with Crippen molar-refractivity contribution in [3.63, 3.8) is 0 Å². The minimum atomic E-state index is 0.0158. The molecular weight excluding hydrogens is 198 g/mol. The molecular formula is C14H19NO. The predicted octanol–water partition coefficient (Wildman–Crippen LogP) is 3.69. The molecule has 0 radical (unpaired) electrons. The van der Waals surface area contributed by atoms with E-state index in [0.717, 1.165) is 11.4 Å². The second-order valence-corrected chi connectivity index (χ2v) is 4.79. The van der Waals surface area contributed by atoms with Gasteiger partial charge in [0.25, 0.3) is 0 Å². The third kappa shape index (κ3) is 1.92. The fourth-order valence-corrected chi connectivity index (χ4v) is 2.31. The molecule has 2 heteroatoms. The Morgan fingerprint density at radius 3 is 2.75 bits per heavy atom. The Hall–Kier alpha value is -1.44. The molecule has 0 aromatic heterocycles. The molecule has 1 aliphatic rings. The van der Waals surface area contributed by atoms with Gasteiger partial charge in [0.15, 0.2) is 0 Å². The molecule has 1 aromatic rings. The highest BCUT2D eigenvalue weighted by Crippen LogP contribution is 2.39. The Labute approximate surface area is 97.3 Å². The van der Waals surface area contributed by atoms with Gasteiger partial charge >= 0.3 is 0 Å². The summed E-state index contributed by atoms with van der Waals surface area (Å²) in [6.07, 6.45) is 2.25. The zero-order valence-electron chi connectivity index (χ0n) is 10.4. The second kappa shape index (κ2) is 3.85. The highest BCUT2D eigenvalue weighted by molar-refractivity contribution is 5.83. The first-order valence-corrected chi connectivity index (χ1v) is 5.77. The number of nitrogens with one attached hydrogen (secondary N) is 1. The summed E-state index contributed by atoms with van der Waals surface area (Å²) in [5.74, 6) is 0.969. The first-order valence-electron chi connectivity index (χ1n) is 5.77. The van der Waals surface area contributed by atoms with Gasteiger partial charge in [-0.1, -0.05) is 12.1 Å². The lowest BCUT2D eigenvalue weighted by atomic mass is 9.91. The molecule has 0 amide bonds. The minimum absolute atomic E-state index is 0.0158. The van der Waals surface area contributed by atoms with E-state index >= 15 is 0 Å². The van der Waals surface area contributed by atoms with Gasteiger partial charge in [-0.05, 0) is 45.4 Å². The molecule has 86 valence electrons. The number of hydrogen-bond donors (Lipinski definition) is 1. The van der Waals surface area contributed by atoms with Crippen LogP contribution < -0.4 is 10.1 Å². The van der Waals surface area contributed by atoms with Crippen molar-refractivity contribution in [3.05, 3.63) is 29.8 Å². The van der Waals surface area contributed by atoms with Crippen LogP contribution in [0.3, 0.4) is 0 Å². The number of allylic oxidation sites excluding steroid dienone is 1. The molecule has 0 saturated heterocycles. The summed E-state index contributed by atoms with van der Waals surface area (Å²) < 4.78 is 5.66. The normalized spacial score (nSPS) is 17.1. The molecule has 0 atom stereocenters. The van der Waals surface area contributed by atoms with E-state index in [1.807, 2.05) is 19.1 Å². The quantitative estimate of drug-likeness (QED) is 0.815. The predicted molar refractivity (Wildman–Crippen MR) is 69.0 cm³/mol. The fraction of sp³-hybridized carbons (Fsp3) is 0.429. The van der Waals surface area contributed by atoms with E-state index in [4.69, 9.17) is 4.74 Å². The zero-order chi connectivity index (χ0) is 11.8. The van der Waals surface area contributed by atoms with Crippen molar-refractivity contribution in [1.29, 1.82) is 0 Å². The van der Waals surface area contributed by atoms with Crippen molar-refractivity contribution < 1.29 is 4.74 Å². The third-order valence-corrected chi connectivity index (χ3v) is 2.75. The van der Waals surface area contributed by atoms with Gasteiger partial charge in [-0.2, -0.15) is 0 Å². The molecule has 0 bridgehead atoms. The average molecular weight is 217 g/mol.